The van der Waals surface area contributed by atoms with Crippen molar-refractivity contribution in [2.24, 2.45) is 5.92 Å². The van der Waals surface area contributed by atoms with Crippen molar-refractivity contribution in [3.05, 3.63) is 29.8 Å². The first-order valence-corrected chi connectivity index (χ1v) is 15.8. The Labute approximate surface area is 177 Å². The van der Waals surface area contributed by atoms with Gasteiger partial charge in [-0.15, -0.1) is 22.2 Å². The average molecular weight is 430 g/mol. The van der Waals surface area contributed by atoms with Crippen LogP contribution < -0.4 is 4.74 Å². The van der Waals surface area contributed by atoms with Gasteiger partial charge in [-0.25, -0.2) is 0 Å². The van der Waals surface area contributed by atoms with Crippen LogP contribution in [-0.4, -0.2) is 13.3 Å². The molecule has 154 valence electrons. The number of hydrogen-bond acceptors (Lipinski definition) is 1. The third-order valence-electron chi connectivity index (χ3n) is 5.94. The predicted molar refractivity (Wildman–Crippen MR) is 123 cm³/mol. The van der Waals surface area contributed by atoms with Crippen LogP contribution >= 0.6 is 22.2 Å². The van der Waals surface area contributed by atoms with Gasteiger partial charge in [0.25, 0.3) is 0 Å². The Hall–Kier alpha value is -0.183. The molecule has 27 heavy (non-hydrogen) atoms. The van der Waals surface area contributed by atoms with Gasteiger partial charge in [0.2, 0.25) is 6.69 Å². The van der Waals surface area contributed by atoms with E-state index in [2.05, 4.69) is 31.2 Å². The lowest BCUT2D eigenvalue weighted by Gasteiger charge is -2.29. The molecule has 1 nitrogen and oxygen atoms in total. The molecule has 0 aliphatic heterocycles. The lowest BCUT2D eigenvalue weighted by atomic mass is 9.77. The zero-order chi connectivity index (χ0) is 19.5. The van der Waals surface area contributed by atoms with Gasteiger partial charge in [0.15, 0.2) is 0 Å². The Balaban J connectivity index is 1.62. The molecule has 1 aliphatic carbocycles. The van der Waals surface area contributed by atoms with Gasteiger partial charge in [-0.05, 0) is 74.2 Å². The highest BCUT2D eigenvalue weighted by molar-refractivity contribution is 7.44. The Kier molecular flexibility index (Phi) is 10.6. The topological polar surface area (TPSA) is 9.23 Å². The quantitative estimate of drug-likeness (QED) is 0.183. The van der Waals surface area contributed by atoms with Crippen LogP contribution in [0.15, 0.2) is 24.3 Å². The number of halogens is 2. The zero-order valence-electron chi connectivity index (χ0n) is 17.3. The number of ether oxygens (including phenoxy) is 1. The molecule has 1 fully saturated rings. The molecule has 1 aliphatic rings. The second-order valence-corrected chi connectivity index (χ2v) is 16.7. The van der Waals surface area contributed by atoms with Crippen LogP contribution in [0.4, 0.5) is 0 Å². The number of rotatable bonds is 12. The van der Waals surface area contributed by atoms with Gasteiger partial charge in [-0.2, -0.15) is 0 Å². The van der Waals surface area contributed by atoms with E-state index in [-0.39, 0.29) is 0 Å². The van der Waals surface area contributed by atoms with Crippen LogP contribution in [0.2, 0.25) is 12.6 Å². The molecule has 0 N–H and O–H groups in total. The summed E-state index contributed by atoms with van der Waals surface area (Å²) in [7, 11) is 0. The molecule has 0 aromatic heterocycles. The second-order valence-electron chi connectivity index (χ2n) is 8.51. The van der Waals surface area contributed by atoms with E-state index in [1.165, 1.54) is 56.9 Å². The highest BCUT2D eigenvalue weighted by Crippen LogP contribution is 2.38. The molecule has 1 aromatic rings. The second kappa shape index (κ2) is 12.4. The molecule has 0 atom stereocenters. The molecule has 1 saturated carbocycles. The summed E-state index contributed by atoms with van der Waals surface area (Å²) < 4.78 is 5.90. The highest BCUT2D eigenvalue weighted by atomic mass is 35.7. The molecule has 0 unspecified atom stereocenters. The Bertz CT molecular complexity index is 504. The minimum absolute atomic E-state index is 0.756. The third kappa shape index (κ3) is 9.72. The van der Waals surface area contributed by atoms with Gasteiger partial charge in [0, 0.05) is 0 Å². The van der Waals surface area contributed by atoms with Gasteiger partial charge in [-0.1, -0.05) is 57.6 Å². The lowest BCUT2D eigenvalue weighted by Crippen LogP contribution is -2.13. The first-order valence-electron chi connectivity index (χ1n) is 11.1. The molecule has 0 radical (unpaired) electrons. The van der Waals surface area contributed by atoms with E-state index in [9.17, 15) is 0 Å². The summed E-state index contributed by atoms with van der Waals surface area (Å²) in [5.74, 6) is 2.74. The monoisotopic (exact) mass is 428 g/mol. The van der Waals surface area contributed by atoms with Crippen LogP contribution in [0.3, 0.4) is 0 Å². The van der Waals surface area contributed by atoms with Gasteiger partial charge < -0.3 is 4.74 Å². The van der Waals surface area contributed by atoms with Crippen molar-refractivity contribution < 1.29 is 4.74 Å². The van der Waals surface area contributed by atoms with Crippen LogP contribution in [-0.2, 0) is 0 Å². The average Bonchev–Trinajstić information content (AvgIpc) is 2.65. The molecular weight excluding hydrogens is 391 g/mol. The molecule has 2 rings (SSSR count). The van der Waals surface area contributed by atoms with E-state index in [1.54, 1.807) is 0 Å². The fourth-order valence-corrected chi connectivity index (χ4v) is 5.88. The number of benzene rings is 1. The predicted octanol–water partition coefficient (Wildman–Crippen LogP) is 8.64. The summed E-state index contributed by atoms with van der Waals surface area (Å²) in [4.78, 5) is 0. The smallest absolute Gasteiger partial charge is 0.248 e. The van der Waals surface area contributed by atoms with E-state index in [4.69, 9.17) is 26.9 Å². The van der Waals surface area contributed by atoms with Crippen LogP contribution in [0.1, 0.15) is 89.0 Å². The number of hydrogen-bond donors (Lipinski definition) is 0. The summed E-state index contributed by atoms with van der Waals surface area (Å²) in [6.07, 6.45) is 14.5. The van der Waals surface area contributed by atoms with Gasteiger partial charge >= 0.3 is 0 Å². The normalized spacial score (nSPS) is 20.6. The lowest BCUT2D eigenvalue weighted by molar-refractivity contribution is 0.300. The summed E-state index contributed by atoms with van der Waals surface area (Å²) in [6, 6.07) is 9.87. The zero-order valence-corrected chi connectivity index (χ0v) is 19.8. The molecule has 4 heteroatoms. The Morgan fingerprint density at radius 1 is 0.926 bits per heavy atom. The highest BCUT2D eigenvalue weighted by Gasteiger charge is 2.22. The maximum Gasteiger partial charge on any atom is 0.248 e. The van der Waals surface area contributed by atoms with Gasteiger partial charge in [-0.3, -0.25) is 0 Å². The fourth-order valence-electron chi connectivity index (χ4n) is 4.21. The van der Waals surface area contributed by atoms with E-state index >= 15 is 0 Å². The SMILES string of the molecule is CCCCCC1CCC(c2ccc(OCCCCC[Si](C)(Cl)Cl)cc2)CC1. The van der Waals surface area contributed by atoms with Crippen LogP contribution in [0, 0.1) is 5.92 Å². The molecule has 0 bridgehead atoms. The fraction of sp³-hybridized carbons (Fsp3) is 0.739. The molecule has 0 spiro atoms. The van der Waals surface area contributed by atoms with E-state index in [1.807, 2.05) is 6.55 Å². The van der Waals surface area contributed by atoms with Crippen molar-refractivity contribution in [2.45, 2.75) is 96.1 Å². The summed E-state index contributed by atoms with van der Waals surface area (Å²) in [6.45, 7) is 3.16. The molecule has 0 amide bonds. The van der Waals surface area contributed by atoms with E-state index < -0.39 is 6.69 Å². The maximum absolute atomic E-state index is 6.13. The molecule has 0 heterocycles. The van der Waals surface area contributed by atoms with Crippen LogP contribution in [0.25, 0.3) is 0 Å². The van der Waals surface area contributed by atoms with Crippen molar-refractivity contribution in [3.63, 3.8) is 0 Å². The van der Waals surface area contributed by atoms with Gasteiger partial charge in [0.1, 0.15) is 5.75 Å². The summed E-state index contributed by atoms with van der Waals surface area (Å²) in [5.41, 5.74) is 1.50. The largest absolute Gasteiger partial charge is 0.494 e. The first-order chi connectivity index (χ1) is 13.0. The van der Waals surface area contributed by atoms with Crippen LogP contribution in [0.5, 0.6) is 5.75 Å². The van der Waals surface area contributed by atoms with Crippen molar-refractivity contribution >= 4 is 28.9 Å². The molecule has 1 aromatic carbocycles. The van der Waals surface area contributed by atoms with E-state index in [0.29, 0.717) is 0 Å². The standard InChI is InChI=1S/C23H38Cl2OSi/c1-3-4-6-9-20-10-12-21(13-11-20)22-14-16-23(17-15-22)26-18-7-5-8-19-27(2,24)25/h14-17,20-21H,3-13,18-19H2,1-2H3. The summed E-state index contributed by atoms with van der Waals surface area (Å²) >= 11 is 12.3. The van der Waals surface area contributed by atoms with Gasteiger partial charge in [0.05, 0.1) is 6.61 Å². The molecule has 0 saturated heterocycles. The Morgan fingerprint density at radius 3 is 2.26 bits per heavy atom. The minimum Gasteiger partial charge on any atom is -0.494 e. The van der Waals surface area contributed by atoms with Crippen molar-refractivity contribution in [1.29, 1.82) is 0 Å². The third-order valence-corrected chi connectivity index (χ3v) is 8.31. The molecular formula is C23H38Cl2OSi. The maximum atomic E-state index is 6.13. The van der Waals surface area contributed by atoms with Crippen molar-refractivity contribution in [1.82, 2.24) is 0 Å². The Morgan fingerprint density at radius 2 is 1.63 bits per heavy atom. The van der Waals surface area contributed by atoms with E-state index in [0.717, 1.165) is 49.5 Å². The van der Waals surface area contributed by atoms with Crippen molar-refractivity contribution in [3.8, 4) is 5.75 Å². The minimum atomic E-state index is -1.91. The summed E-state index contributed by atoms with van der Waals surface area (Å²) in [5, 5.41) is 0. The number of unbranched alkanes of at least 4 members (excludes halogenated alkanes) is 4. The first kappa shape index (κ1) is 23.1. The van der Waals surface area contributed by atoms with Crippen molar-refractivity contribution in [2.75, 3.05) is 6.61 Å².